The Labute approximate surface area is 117 Å². The minimum absolute atomic E-state index is 0.105. The van der Waals surface area contributed by atoms with E-state index in [1.165, 1.54) is 12.8 Å². The Morgan fingerprint density at radius 3 is 2.95 bits per heavy atom. The van der Waals surface area contributed by atoms with Crippen molar-refractivity contribution in [3.8, 4) is 0 Å². The van der Waals surface area contributed by atoms with Crippen molar-refractivity contribution >= 4 is 22.3 Å². The maximum absolute atomic E-state index is 11.0. The minimum Gasteiger partial charge on any atom is -0.383 e. The number of fused-ring (bicyclic) bond motifs is 1. The number of rotatable bonds is 5. The van der Waals surface area contributed by atoms with E-state index in [2.05, 4.69) is 17.2 Å². The van der Waals surface area contributed by atoms with Crippen molar-refractivity contribution in [1.82, 2.24) is 4.98 Å². The third kappa shape index (κ3) is 2.43. The van der Waals surface area contributed by atoms with Crippen LogP contribution in [0.1, 0.15) is 19.8 Å². The Bertz CT molecular complexity index is 653. The van der Waals surface area contributed by atoms with Crippen molar-refractivity contribution in [3.05, 3.63) is 40.6 Å². The summed E-state index contributed by atoms with van der Waals surface area (Å²) in [5.41, 5.74) is 1.65. The Hall–Kier alpha value is -2.17. The summed E-state index contributed by atoms with van der Waals surface area (Å²) in [6, 6.07) is 6.78. The van der Waals surface area contributed by atoms with Crippen LogP contribution in [0.2, 0.25) is 0 Å². The number of hydrogen-bond acceptors (Lipinski definition) is 4. The first kappa shape index (κ1) is 12.8. The smallest absolute Gasteiger partial charge is 0.278 e. The van der Waals surface area contributed by atoms with Crippen molar-refractivity contribution in [3.63, 3.8) is 0 Å². The van der Waals surface area contributed by atoms with Gasteiger partial charge >= 0.3 is 0 Å². The molecule has 1 aliphatic carbocycles. The van der Waals surface area contributed by atoms with Crippen LogP contribution in [0.4, 0.5) is 11.4 Å². The summed E-state index contributed by atoms with van der Waals surface area (Å²) in [4.78, 5) is 15.0. The van der Waals surface area contributed by atoms with Crippen LogP contribution in [0, 0.1) is 22.0 Å². The molecule has 5 nitrogen and oxygen atoms in total. The standard InChI is InChI=1S/C15H17N3O2/c1-10(11-4-5-11)9-17-13-6-7-14(18(19)20)12-3-2-8-16-15(12)13/h2-3,6-8,10-11,17H,4-5,9H2,1H3. The van der Waals surface area contributed by atoms with Crippen LogP contribution in [0.3, 0.4) is 0 Å². The third-order valence-electron chi connectivity index (χ3n) is 3.98. The number of hydrogen-bond donors (Lipinski definition) is 1. The molecule has 1 aromatic carbocycles. The molecule has 20 heavy (non-hydrogen) atoms. The third-order valence-corrected chi connectivity index (χ3v) is 3.98. The first-order valence-corrected chi connectivity index (χ1v) is 6.93. The zero-order chi connectivity index (χ0) is 14.1. The molecule has 1 N–H and O–H groups in total. The van der Waals surface area contributed by atoms with Gasteiger partial charge in [0.25, 0.3) is 5.69 Å². The van der Waals surface area contributed by atoms with Gasteiger partial charge in [0.2, 0.25) is 0 Å². The molecule has 0 spiro atoms. The van der Waals surface area contributed by atoms with Gasteiger partial charge in [-0.2, -0.15) is 0 Å². The number of nitro groups is 1. The molecule has 104 valence electrons. The highest BCUT2D eigenvalue weighted by molar-refractivity contribution is 5.96. The fourth-order valence-electron chi connectivity index (χ4n) is 2.56. The van der Waals surface area contributed by atoms with E-state index in [1.807, 2.05) is 0 Å². The van der Waals surface area contributed by atoms with Crippen LogP contribution in [-0.4, -0.2) is 16.5 Å². The van der Waals surface area contributed by atoms with E-state index in [9.17, 15) is 10.1 Å². The van der Waals surface area contributed by atoms with Gasteiger partial charge in [0.15, 0.2) is 0 Å². The van der Waals surface area contributed by atoms with Crippen LogP contribution in [0.15, 0.2) is 30.5 Å². The molecule has 1 atom stereocenters. The van der Waals surface area contributed by atoms with Crippen LogP contribution in [0.5, 0.6) is 0 Å². The summed E-state index contributed by atoms with van der Waals surface area (Å²) in [7, 11) is 0. The van der Waals surface area contributed by atoms with E-state index in [4.69, 9.17) is 0 Å². The molecule has 5 heteroatoms. The summed E-state index contributed by atoms with van der Waals surface area (Å²) in [5, 5.41) is 15.0. The quantitative estimate of drug-likeness (QED) is 0.666. The molecule has 0 saturated heterocycles. The predicted octanol–water partition coefficient (Wildman–Crippen LogP) is 3.60. The molecule has 3 rings (SSSR count). The number of anilines is 1. The van der Waals surface area contributed by atoms with Gasteiger partial charge in [-0.1, -0.05) is 6.92 Å². The number of nitro benzene ring substituents is 1. The van der Waals surface area contributed by atoms with Crippen molar-refractivity contribution in [1.29, 1.82) is 0 Å². The summed E-state index contributed by atoms with van der Waals surface area (Å²) >= 11 is 0. The molecule has 0 radical (unpaired) electrons. The number of pyridine rings is 1. The van der Waals surface area contributed by atoms with Gasteiger partial charge in [-0.15, -0.1) is 0 Å². The maximum Gasteiger partial charge on any atom is 0.278 e. The predicted molar refractivity (Wildman–Crippen MR) is 78.8 cm³/mol. The zero-order valence-corrected chi connectivity index (χ0v) is 11.4. The topological polar surface area (TPSA) is 68.1 Å². The van der Waals surface area contributed by atoms with Gasteiger partial charge < -0.3 is 5.32 Å². The van der Waals surface area contributed by atoms with Gasteiger partial charge in [0, 0.05) is 18.8 Å². The average molecular weight is 271 g/mol. The maximum atomic E-state index is 11.0. The SMILES string of the molecule is CC(CNc1ccc([N+](=O)[O-])c2cccnc12)C1CC1. The van der Waals surface area contributed by atoms with Crippen LogP contribution in [0.25, 0.3) is 10.9 Å². The second-order valence-electron chi connectivity index (χ2n) is 5.48. The molecule has 0 aliphatic heterocycles. The highest BCUT2D eigenvalue weighted by Gasteiger charge is 2.27. The Kier molecular flexibility index (Phi) is 3.26. The first-order chi connectivity index (χ1) is 9.66. The number of nitrogens with one attached hydrogen (secondary N) is 1. The first-order valence-electron chi connectivity index (χ1n) is 6.93. The van der Waals surface area contributed by atoms with E-state index in [0.29, 0.717) is 16.8 Å². The zero-order valence-electron chi connectivity index (χ0n) is 11.4. The van der Waals surface area contributed by atoms with Crippen molar-refractivity contribution in [2.24, 2.45) is 11.8 Å². The highest BCUT2D eigenvalue weighted by atomic mass is 16.6. The molecular formula is C15H17N3O2. The van der Waals surface area contributed by atoms with E-state index in [1.54, 1.807) is 30.5 Å². The van der Waals surface area contributed by atoms with E-state index < -0.39 is 0 Å². The number of nitrogens with zero attached hydrogens (tertiary/aromatic N) is 2. The minimum atomic E-state index is -0.361. The largest absolute Gasteiger partial charge is 0.383 e. The van der Waals surface area contributed by atoms with Crippen LogP contribution >= 0.6 is 0 Å². The second kappa shape index (κ2) is 5.07. The molecule has 1 heterocycles. The van der Waals surface area contributed by atoms with Gasteiger partial charge in [0.1, 0.15) is 5.52 Å². The Morgan fingerprint density at radius 1 is 1.45 bits per heavy atom. The lowest BCUT2D eigenvalue weighted by Gasteiger charge is -2.13. The summed E-state index contributed by atoms with van der Waals surface area (Å²) in [6.07, 6.45) is 4.31. The molecule has 2 aromatic rings. The normalized spacial score (nSPS) is 16.1. The highest BCUT2D eigenvalue weighted by Crippen LogP contribution is 2.37. The molecular weight excluding hydrogens is 254 g/mol. The van der Waals surface area contributed by atoms with Crippen molar-refractivity contribution < 1.29 is 4.92 Å². The Morgan fingerprint density at radius 2 is 2.25 bits per heavy atom. The Balaban J connectivity index is 1.91. The number of benzene rings is 1. The van der Waals surface area contributed by atoms with Gasteiger partial charge in [-0.05, 0) is 42.9 Å². The second-order valence-corrected chi connectivity index (χ2v) is 5.48. The van der Waals surface area contributed by atoms with Crippen molar-refractivity contribution in [2.75, 3.05) is 11.9 Å². The molecule has 1 aliphatic rings. The summed E-state index contributed by atoms with van der Waals surface area (Å²) in [6.45, 7) is 3.12. The van der Waals surface area contributed by atoms with Crippen LogP contribution in [-0.2, 0) is 0 Å². The molecule has 1 fully saturated rings. The summed E-state index contributed by atoms with van der Waals surface area (Å²) in [5.74, 6) is 1.46. The molecule has 0 amide bonds. The molecule has 0 bridgehead atoms. The van der Waals surface area contributed by atoms with Crippen molar-refractivity contribution in [2.45, 2.75) is 19.8 Å². The van der Waals surface area contributed by atoms with Gasteiger partial charge in [-0.3, -0.25) is 15.1 Å². The van der Waals surface area contributed by atoms with Gasteiger partial charge in [-0.25, -0.2) is 0 Å². The summed E-state index contributed by atoms with van der Waals surface area (Å²) < 4.78 is 0. The van der Waals surface area contributed by atoms with Crippen LogP contribution < -0.4 is 5.32 Å². The fraction of sp³-hybridized carbons (Fsp3) is 0.400. The lowest BCUT2D eigenvalue weighted by Crippen LogP contribution is -2.13. The number of non-ortho nitro benzene ring substituents is 1. The fourth-order valence-corrected chi connectivity index (χ4v) is 2.56. The monoisotopic (exact) mass is 271 g/mol. The molecule has 1 aromatic heterocycles. The van der Waals surface area contributed by atoms with E-state index in [-0.39, 0.29) is 10.6 Å². The van der Waals surface area contributed by atoms with E-state index in [0.717, 1.165) is 18.2 Å². The van der Waals surface area contributed by atoms with E-state index >= 15 is 0 Å². The van der Waals surface area contributed by atoms with Gasteiger partial charge in [0.05, 0.1) is 16.0 Å². The average Bonchev–Trinajstić information content (AvgIpc) is 3.28. The lowest BCUT2D eigenvalue weighted by molar-refractivity contribution is -0.383. The number of aromatic nitrogens is 1. The molecule has 1 saturated carbocycles. The lowest BCUT2D eigenvalue weighted by atomic mass is 10.1. The molecule has 1 unspecified atom stereocenters.